The van der Waals surface area contributed by atoms with E-state index in [0.29, 0.717) is 11.1 Å². The van der Waals surface area contributed by atoms with E-state index in [2.05, 4.69) is 10.0 Å². The zero-order valence-corrected chi connectivity index (χ0v) is 42.7. The third-order valence-corrected chi connectivity index (χ3v) is 12.5. The second kappa shape index (κ2) is 26.3. The third-order valence-electron chi connectivity index (χ3n) is 12.0. The van der Waals surface area contributed by atoms with Crippen LogP contribution in [0.1, 0.15) is 48.4 Å². The summed E-state index contributed by atoms with van der Waals surface area (Å²) in [6, 6.07) is 31.1. The molecule has 1 aliphatic carbocycles. The molecule has 2 fully saturated rings. The number of hydrogen-bond donors (Lipinski definition) is 1. The molecule has 2 heterocycles. The Balaban J connectivity index is 1.26. The summed E-state index contributed by atoms with van der Waals surface area (Å²) in [7, 11) is 1.05. The van der Waals surface area contributed by atoms with E-state index < -0.39 is 114 Å². The number of methoxy groups -OCH3 is 1. The van der Waals surface area contributed by atoms with Gasteiger partial charge in [-0.3, -0.25) is 19.8 Å². The Morgan fingerprint density at radius 3 is 1.81 bits per heavy atom. The van der Waals surface area contributed by atoms with Crippen molar-refractivity contribution in [3.63, 3.8) is 0 Å². The topological polar surface area (TPSA) is 269 Å². The average molecular weight is 1100 g/mol. The van der Waals surface area contributed by atoms with Gasteiger partial charge >= 0.3 is 30.0 Å². The minimum absolute atomic E-state index is 0.183. The lowest BCUT2D eigenvalue weighted by atomic mass is 9.95. The maximum atomic E-state index is 14.0. The van der Waals surface area contributed by atoms with Gasteiger partial charge in [0.25, 0.3) is 3.79 Å². The van der Waals surface area contributed by atoms with E-state index in [1.807, 2.05) is 48.5 Å². The highest BCUT2D eigenvalue weighted by atomic mass is 35.6. The largest absolute Gasteiger partial charge is 0.508 e. The second-order valence-corrected chi connectivity index (χ2v) is 19.3. The minimum atomic E-state index is -2.46. The van der Waals surface area contributed by atoms with Gasteiger partial charge in [-0.05, 0) is 38.9 Å². The van der Waals surface area contributed by atoms with Crippen molar-refractivity contribution in [2.24, 2.45) is 5.11 Å². The number of carbonyl (C=O) groups is 5. The zero-order valence-electron chi connectivity index (χ0n) is 40.4. The van der Waals surface area contributed by atoms with Crippen LogP contribution in [0.4, 0.5) is 4.79 Å². The van der Waals surface area contributed by atoms with Gasteiger partial charge in [0.05, 0.1) is 26.7 Å². The molecular weight excluding hydrogens is 1050 g/mol. The van der Waals surface area contributed by atoms with Crippen LogP contribution in [0, 0.1) is 5.41 Å². The lowest BCUT2D eigenvalue weighted by molar-refractivity contribution is -0.346. The van der Waals surface area contributed by atoms with Gasteiger partial charge in [0.15, 0.2) is 24.6 Å². The van der Waals surface area contributed by atoms with Crippen LogP contribution in [-0.2, 0) is 89.2 Å². The molecule has 10 unspecified atom stereocenters. The van der Waals surface area contributed by atoms with Crippen LogP contribution in [0.15, 0.2) is 114 Å². The van der Waals surface area contributed by atoms with E-state index in [4.69, 9.17) is 97.1 Å². The Morgan fingerprint density at radius 2 is 1.25 bits per heavy atom. The van der Waals surface area contributed by atoms with Crippen LogP contribution in [0.25, 0.3) is 21.6 Å². The van der Waals surface area contributed by atoms with E-state index in [-0.39, 0.29) is 32.3 Å². The number of fused-ring (bicyclic) bond motifs is 3. The molecule has 3 aliphatic rings. The molecule has 398 valence electrons. The fraction of sp³-hybridized carbons (Fsp3) is 0.412. The van der Waals surface area contributed by atoms with Crippen molar-refractivity contribution in [2.45, 2.75) is 105 Å². The van der Waals surface area contributed by atoms with Crippen molar-refractivity contribution in [2.75, 3.05) is 26.9 Å². The van der Waals surface area contributed by atoms with Gasteiger partial charge in [-0.1, -0.05) is 149 Å². The first kappa shape index (κ1) is 56.2. The number of hydrogen-bond acceptors (Lipinski definition) is 19. The van der Waals surface area contributed by atoms with Crippen LogP contribution >= 0.6 is 34.8 Å². The molecule has 2 aliphatic heterocycles. The van der Waals surface area contributed by atoms with E-state index >= 15 is 0 Å². The molecule has 0 aromatic heterocycles. The lowest BCUT2D eigenvalue weighted by Gasteiger charge is -2.48. The van der Waals surface area contributed by atoms with Gasteiger partial charge in [0.1, 0.15) is 50.3 Å². The molecule has 0 amide bonds. The molecule has 10 atom stereocenters. The van der Waals surface area contributed by atoms with E-state index in [0.717, 1.165) is 43.2 Å². The van der Waals surface area contributed by atoms with Crippen molar-refractivity contribution in [1.29, 1.82) is 5.41 Å². The first-order valence-electron chi connectivity index (χ1n) is 23.3. The molecule has 0 radical (unpaired) electrons. The molecule has 75 heavy (non-hydrogen) atoms. The fourth-order valence-corrected chi connectivity index (χ4v) is 8.79. The third kappa shape index (κ3) is 14.7. The van der Waals surface area contributed by atoms with Crippen LogP contribution in [0.3, 0.4) is 0 Å². The molecule has 7 rings (SSSR count). The predicted octanol–water partition coefficient (Wildman–Crippen LogP) is 7.97. The minimum Gasteiger partial charge on any atom is -0.467 e. The number of benzene rings is 4. The fourth-order valence-electron chi connectivity index (χ4n) is 8.65. The van der Waals surface area contributed by atoms with E-state index in [1.54, 1.807) is 60.7 Å². The highest BCUT2D eigenvalue weighted by molar-refractivity contribution is 6.76. The molecule has 24 heteroatoms. The Morgan fingerprint density at radius 1 is 0.667 bits per heavy atom. The average Bonchev–Trinajstić information content (AvgIpc) is 3.71. The monoisotopic (exact) mass is 1100 g/mol. The normalized spacial score (nSPS) is 24.0. The summed E-state index contributed by atoms with van der Waals surface area (Å²) in [5.41, 5.74) is 14.9. The number of carbonyl (C=O) groups excluding carboxylic acids is 5. The van der Waals surface area contributed by atoms with Crippen LogP contribution in [-0.4, -0.2) is 128 Å². The number of rotatable bonds is 20. The summed E-state index contributed by atoms with van der Waals surface area (Å²) in [5, 5.41) is 12.3. The van der Waals surface area contributed by atoms with Crippen LogP contribution in [0.2, 0.25) is 0 Å². The highest BCUT2D eigenvalue weighted by Gasteiger charge is 2.58. The van der Waals surface area contributed by atoms with Crippen molar-refractivity contribution in [1.82, 2.24) is 0 Å². The molecule has 1 N–H and O–H groups in total. The second-order valence-electron chi connectivity index (χ2n) is 17.0. The predicted molar refractivity (Wildman–Crippen MR) is 264 cm³/mol. The number of azide groups is 1. The number of alkyl halides is 3. The number of nitrogens with one attached hydrogen (secondary N) is 1. The Bertz CT molecular complexity index is 2650. The highest BCUT2D eigenvalue weighted by Crippen LogP contribution is 2.45. The lowest BCUT2D eigenvalue weighted by Crippen LogP contribution is -2.67. The van der Waals surface area contributed by atoms with Crippen molar-refractivity contribution in [3.05, 3.63) is 142 Å². The van der Waals surface area contributed by atoms with Crippen molar-refractivity contribution >= 4 is 70.7 Å². The molecule has 4 aromatic carbocycles. The van der Waals surface area contributed by atoms with Crippen molar-refractivity contribution in [3.8, 4) is 11.1 Å². The number of halogens is 3. The van der Waals surface area contributed by atoms with Crippen LogP contribution < -0.4 is 0 Å². The molecular formula is C51H51Cl3N4O17. The van der Waals surface area contributed by atoms with Gasteiger partial charge < -0.3 is 56.8 Å². The zero-order chi connectivity index (χ0) is 53.6. The Hall–Kier alpha value is -6.52. The molecule has 21 nitrogen and oxygen atoms in total. The van der Waals surface area contributed by atoms with E-state index in [9.17, 15) is 29.5 Å². The first-order chi connectivity index (χ1) is 36.1. The number of ether oxygens (including phenoxy) is 12. The molecule has 0 spiro atoms. The number of esters is 4. The Labute approximate surface area is 444 Å². The molecule has 0 saturated carbocycles. The quantitative estimate of drug-likeness (QED) is 0.0128. The smallest absolute Gasteiger partial charge is 0.467 e. The summed E-state index contributed by atoms with van der Waals surface area (Å²) < 4.78 is 68.7. The SMILES string of the molecule is COC(=O)C1OC(OC2C(COC(=O)CCOC(C)=O)OC(OC(=N)C(Cl)(Cl)Cl)C(N=[N+]=[N-])C2OCc2ccccc2)C(OC(C)=O)C(OCc2ccccc2)C1OC(=O)OCC1c2ccccc2-c2ccccc21. The Kier molecular flexibility index (Phi) is 19.7. The summed E-state index contributed by atoms with van der Waals surface area (Å²) in [6.45, 7) is 0.557. The summed E-state index contributed by atoms with van der Waals surface area (Å²) in [5.74, 6) is -4.91. The standard InChI is InChI=1S/C51H51Cl3N4O17/c1-28(59)65-23-22-38(61)66-27-37-40(41(67-24-30-14-6-4-7-15-30)39(57-58-56)47(71-37)75-49(55)51(52,53)54)72-48-45(70-29(2)60)42(68-25-31-16-8-5-9-17-31)43(44(73-48)46(62)64-3)74-50(63)69-26-36-34-20-12-10-18-32(34)33-19-11-13-21-35(33)36/h4-21,36-37,39-45,47-48,55H,22-27H2,1-3H3. The van der Waals surface area contributed by atoms with Crippen LogP contribution in [0.5, 0.6) is 0 Å². The summed E-state index contributed by atoms with van der Waals surface area (Å²) in [6.07, 6.45) is -17.2. The maximum Gasteiger partial charge on any atom is 0.508 e. The van der Waals surface area contributed by atoms with Gasteiger partial charge in [0, 0.05) is 24.7 Å². The number of nitrogens with zero attached hydrogens (tertiary/aromatic N) is 3. The van der Waals surface area contributed by atoms with Gasteiger partial charge in [-0.15, -0.1) is 0 Å². The van der Waals surface area contributed by atoms with Gasteiger partial charge in [-0.2, -0.15) is 0 Å². The van der Waals surface area contributed by atoms with Crippen molar-refractivity contribution < 1.29 is 80.8 Å². The molecule has 4 aromatic rings. The van der Waals surface area contributed by atoms with Gasteiger partial charge in [-0.25, -0.2) is 9.59 Å². The van der Waals surface area contributed by atoms with Gasteiger partial charge in [0.2, 0.25) is 12.2 Å². The van der Waals surface area contributed by atoms with E-state index in [1.165, 1.54) is 0 Å². The molecule has 2 saturated heterocycles. The summed E-state index contributed by atoms with van der Waals surface area (Å²) >= 11 is 18.0. The summed E-state index contributed by atoms with van der Waals surface area (Å²) in [4.78, 5) is 68.7. The first-order valence-corrected chi connectivity index (χ1v) is 24.4. The molecule has 0 bridgehead atoms. The maximum absolute atomic E-state index is 14.0.